The molecule has 0 amide bonds. The van der Waals surface area contributed by atoms with Gasteiger partial charge in [0.05, 0.1) is 21.2 Å². The van der Waals surface area contributed by atoms with Crippen molar-refractivity contribution in [3.8, 4) is 5.69 Å². The number of anilines is 1. The fourth-order valence-corrected chi connectivity index (χ4v) is 4.32. The van der Waals surface area contributed by atoms with Gasteiger partial charge in [-0.2, -0.15) is 0 Å². The molecule has 0 spiro atoms. The molecule has 148 valence electrons. The third kappa shape index (κ3) is 3.59. The third-order valence-electron chi connectivity index (χ3n) is 4.25. The van der Waals surface area contributed by atoms with Gasteiger partial charge in [0.2, 0.25) is 10.0 Å². The van der Waals surface area contributed by atoms with Gasteiger partial charge in [-0.3, -0.25) is 14.2 Å². The van der Waals surface area contributed by atoms with Gasteiger partial charge < -0.3 is 0 Å². The van der Waals surface area contributed by atoms with Crippen LogP contribution in [0.5, 0.6) is 0 Å². The monoisotopic (exact) mass is 422 g/mol. The van der Waals surface area contributed by atoms with Crippen LogP contribution in [0, 0.1) is 6.92 Å². The molecule has 0 aliphatic rings. The van der Waals surface area contributed by atoms with E-state index in [0.717, 1.165) is 24.3 Å². The Morgan fingerprint density at radius 2 is 1.43 bits per heavy atom. The number of nitrogens with two attached hydrogens (primary N) is 1. The second kappa shape index (κ2) is 6.93. The Morgan fingerprint density at radius 3 is 1.96 bits per heavy atom. The first-order valence-corrected chi connectivity index (χ1v) is 11.0. The molecule has 0 aliphatic carbocycles. The number of rotatable bonds is 5. The number of para-hydroxylation sites is 1. The van der Waals surface area contributed by atoms with E-state index in [0.29, 0.717) is 11.4 Å². The molecule has 0 radical (unpaired) electrons. The molecule has 0 saturated carbocycles. The molecule has 2 aromatic carbocycles. The first kappa shape index (κ1) is 19.9. The molecular weight excluding hydrogens is 404 g/mol. The second-order valence-electron chi connectivity index (χ2n) is 6.06. The summed E-state index contributed by atoms with van der Waals surface area (Å²) in [4.78, 5) is 12.4. The Kier molecular flexibility index (Phi) is 4.91. The predicted molar refractivity (Wildman–Crippen MR) is 104 cm³/mol. The third-order valence-corrected chi connectivity index (χ3v) is 6.55. The molecule has 0 saturated heterocycles. The number of nitrogens with one attached hydrogen (secondary N) is 1. The van der Waals surface area contributed by atoms with Gasteiger partial charge in [-0.25, -0.2) is 26.7 Å². The van der Waals surface area contributed by atoms with E-state index in [2.05, 4.69) is 4.72 Å². The zero-order chi connectivity index (χ0) is 20.7. The fraction of sp³-hybridized carbons (Fsp3) is 0.118. The van der Waals surface area contributed by atoms with Crippen molar-refractivity contribution in [2.45, 2.75) is 16.7 Å². The highest BCUT2D eigenvalue weighted by Crippen LogP contribution is 2.19. The summed E-state index contributed by atoms with van der Waals surface area (Å²) in [7, 11) is -6.42. The van der Waals surface area contributed by atoms with Gasteiger partial charge in [-0.15, -0.1) is 0 Å². The van der Waals surface area contributed by atoms with E-state index in [1.54, 1.807) is 49.0 Å². The topological polar surface area (TPSA) is 133 Å². The van der Waals surface area contributed by atoms with Crippen LogP contribution in [-0.2, 0) is 27.1 Å². The largest absolute Gasteiger partial charge is 0.296 e. The van der Waals surface area contributed by atoms with Crippen LogP contribution in [0.3, 0.4) is 0 Å². The van der Waals surface area contributed by atoms with E-state index in [1.807, 2.05) is 0 Å². The van der Waals surface area contributed by atoms with Gasteiger partial charge in [0.1, 0.15) is 5.69 Å². The first-order valence-electron chi connectivity index (χ1n) is 8.02. The molecular formula is C17H18N4O5S2. The number of sulfonamides is 2. The summed E-state index contributed by atoms with van der Waals surface area (Å²) in [5, 5.41) is 5.01. The molecule has 28 heavy (non-hydrogen) atoms. The molecule has 1 aromatic heterocycles. The van der Waals surface area contributed by atoms with Gasteiger partial charge in [-0.1, -0.05) is 18.2 Å². The van der Waals surface area contributed by atoms with Gasteiger partial charge in [0, 0.05) is 7.05 Å². The molecule has 3 rings (SSSR count). The SMILES string of the molecule is Cc1c(NS(=O)(=O)c2ccc(S(N)(=O)=O)cc2)c(=O)n(-c2ccccc2)n1C. The van der Waals surface area contributed by atoms with E-state index in [1.165, 1.54) is 4.68 Å². The Labute approximate surface area is 162 Å². The van der Waals surface area contributed by atoms with Gasteiger partial charge >= 0.3 is 0 Å². The average molecular weight is 422 g/mol. The highest BCUT2D eigenvalue weighted by Gasteiger charge is 2.23. The Balaban J connectivity index is 2.03. The van der Waals surface area contributed by atoms with E-state index in [4.69, 9.17) is 5.14 Å². The lowest BCUT2D eigenvalue weighted by atomic mass is 10.3. The molecule has 0 atom stereocenters. The summed E-state index contributed by atoms with van der Waals surface area (Å²) in [5.74, 6) is 0. The minimum Gasteiger partial charge on any atom is -0.283 e. The maximum absolute atomic E-state index is 12.8. The van der Waals surface area contributed by atoms with Crippen molar-refractivity contribution >= 4 is 25.7 Å². The van der Waals surface area contributed by atoms with Crippen molar-refractivity contribution in [3.63, 3.8) is 0 Å². The van der Waals surface area contributed by atoms with E-state index in [9.17, 15) is 21.6 Å². The van der Waals surface area contributed by atoms with Crippen LogP contribution in [0.1, 0.15) is 5.69 Å². The highest BCUT2D eigenvalue weighted by atomic mass is 32.2. The second-order valence-corrected chi connectivity index (χ2v) is 9.30. The van der Waals surface area contributed by atoms with Crippen LogP contribution in [0.15, 0.2) is 69.2 Å². The summed E-state index contributed by atoms with van der Waals surface area (Å²) in [6, 6.07) is 13.2. The summed E-state index contributed by atoms with van der Waals surface area (Å²) in [6.07, 6.45) is 0. The van der Waals surface area contributed by atoms with Crippen LogP contribution < -0.4 is 15.4 Å². The lowest BCUT2D eigenvalue weighted by Gasteiger charge is -2.08. The van der Waals surface area contributed by atoms with Crippen molar-refractivity contribution in [1.29, 1.82) is 0 Å². The van der Waals surface area contributed by atoms with Crippen LogP contribution in [0.4, 0.5) is 5.69 Å². The van der Waals surface area contributed by atoms with E-state index in [-0.39, 0.29) is 15.5 Å². The van der Waals surface area contributed by atoms with Crippen LogP contribution in [0.25, 0.3) is 5.69 Å². The smallest absolute Gasteiger partial charge is 0.283 e. The predicted octanol–water partition coefficient (Wildman–Crippen LogP) is 0.933. The fourth-order valence-electron chi connectivity index (χ4n) is 2.69. The van der Waals surface area contributed by atoms with Crippen LogP contribution in [0.2, 0.25) is 0 Å². The lowest BCUT2D eigenvalue weighted by Crippen LogP contribution is -2.23. The number of hydrogen-bond donors (Lipinski definition) is 2. The zero-order valence-electron chi connectivity index (χ0n) is 15.0. The molecule has 0 bridgehead atoms. The molecule has 3 N–H and O–H groups in total. The number of benzene rings is 2. The highest BCUT2D eigenvalue weighted by molar-refractivity contribution is 7.92. The van der Waals surface area contributed by atoms with E-state index >= 15 is 0 Å². The minimum atomic E-state index is -4.12. The first-order chi connectivity index (χ1) is 13.0. The van der Waals surface area contributed by atoms with Crippen LogP contribution in [-0.4, -0.2) is 26.2 Å². The van der Waals surface area contributed by atoms with Crippen LogP contribution >= 0.6 is 0 Å². The van der Waals surface area contributed by atoms with Crippen molar-refractivity contribution in [1.82, 2.24) is 9.36 Å². The molecule has 0 fully saturated rings. The maximum Gasteiger partial charge on any atom is 0.296 e. The van der Waals surface area contributed by atoms with Gasteiger partial charge in [0.25, 0.3) is 15.6 Å². The normalized spacial score (nSPS) is 12.1. The molecule has 1 heterocycles. The van der Waals surface area contributed by atoms with Crippen molar-refractivity contribution < 1.29 is 16.8 Å². The van der Waals surface area contributed by atoms with Crippen molar-refractivity contribution in [2.75, 3.05) is 4.72 Å². The Bertz CT molecular complexity index is 1290. The van der Waals surface area contributed by atoms with Gasteiger partial charge in [0.15, 0.2) is 0 Å². The Hall–Kier alpha value is -2.89. The number of aromatic nitrogens is 2. The Morgan fingerprint density at radius 1 is 0.893 bits per heavy atom. The average Bonchev–Trinajstić information content (AvgIpc) is 2.85. The number of nitrogens with zero attached hydrogens (tertiary/aromatic N) is 2. The summed E-state index contributed by atoms with van der Waals surface area (Å²) >= 11 is 0. The number of hydrogen-bond acceptors (Lipinski definition) is 5. The van der Waals surface area contributed by atoms with Gasteiger partial charge in [-0.05, 0) is 43.3 Å². The molecule has 3 aromatic rings. The molecule has 9 nitrogen and oxygen atoms in total. The molecule has 0 aliphatic heterocycles. The summed E-state index contributed by atoms with van der Waals surface area (Å²) in [5.41, 5.74) is 0.373. The van der Waals surface area contributed by atoms with E-state index < -0.39 is 25.6 Å². The quantitative estimate of drug-likeness (QED) is 0.631. The van der Waals surface area contributed by atoms with Crippen molar-refractivity contribution in [3.05, 3.63) is 70.6 Å². The maximum atomic E-state index is 12.8. The lowest BCUT2D eigenvalue weighted by molar-refractivity contribution is 0.595. The molecule has 0 unspecified atom stereocenters. The summed E-state index contributed by atoms with van der Waals surface area (Å²) < 4.78 is 53.2. The standard InChI is InChI=1S/C17H18N4O5S2/c1-12-16(17(22)21(20(12)2)13-6-4-3-5-7-13)19-28(25,26)15-10-8-14(9-11-15)27(18,23)24/h3-11,19H,1-2H3,(H2,18,23,24). The zero-order valence-corrected chi connectivity index (χ0v) is 16.7. The molecule has 11 heteroatoms. The number of primary sulfonamides is 1. The van der Waals surface area contributed by atoms with Crippen molar-refractivity contribution in [2.24, 2.45) is 12.2 Å². The summed E-state index contributed by atoms with van der Waals surface area (Å²) in [6.45, 7) is 1.61. The minimum absolute atomic E-state index is 0.0955.